The van der Waals surface area contributed by atoms with Gasteiger partial charge in [0.15, 0.2) is 5.76 Å². The first-order valence-electron chi connectivity index (χ1n) is 4.28. The van der Waals surface area contributed by atoms with E-state index in [4.69, 9.17) is 4.42 Å². The first kappa shape index (κ1) is 9.86. The van der Waals surface area contributed by atoms with Crippen LogP contribution >= 0.6 is 12.6 Å². The fraction of sp³-hybridized carbons (Fsp3) is 0. The van der Waals surface area contributed by atoms with Gasteiger partial charge in [0, 0.05) is 4.90 Å². The van der Waals surface area contributed by atoms with Crippen LogP contribution in [0.15, 0.2) is 45.9 Å². The smallest absolute Gasteiger partial charge is 0.231 e. The molecule has 0 aliphatic rings. The fourth-order valence-electron chi connectivity index (χ4n) is 1.25. The van der Waals surface area contributed by atoms with Gasteiger partial charge in [0.25, 0.3) is 0 Å². The van der Waals surface area contributed by atoms with Gasteiger partial charge in [-0.1, -0.05) is 0 Å². The van der Waals surface area contributed by atoms with Crippen molar-refractivity contribution >= 4 is 18.4 Å². The summed E-state index contributed by atoms with van der Waals surface area (Å²) in [6.07, 6.45) is 1.41. The Morgan fingerprint density at radius 1 is 1.33 bits per heavy atom. The first-order chi connectivity index (χ1) is 7.18. The second kappa shape index (κ2) is 3.82. The van der Waals surface area contributed by atoms with E-state index in [1.54, 1.807) is 18.2 Å². The number of carbonyl (C=O) groups excluding carboxylic acids is 1. The highest BCUT2D eigenvalue weighted by atomic mass is 32.1. The number of furan rings is 1. The van der Waals surface area contributed by atoms with Crippen LogP contribution in [0.3, 0.4) is 0 Å². The molecule has 0 spiro atoms. The molecule has 4 heteroatoms. The summed E-state index contributed by atoms with van der Waals surface area (Å²) >= 11 is 4.05. The van der Waals surface area contributed by atoms with E-state index in [9.17, 15) is 9.90 Å². The third-order valence-electron chi connectivity index (χ3n) is 1.97. The van der Waals surface area contributed by atoms with E-state index in [0.717, 1.165) is 0 Å². The molecular weight excluding hydrogens is 212 g/mol. The molecule has 15 heavy (non-hydrogen) atoms. The fourth-order valence-corrected chi connectivity index (χ4v) is 1.45. The average Bonchev–Trinajstić information content (AvgIpc) is 2.69. The largest absolute Gasteiger partial charge is 0.507 e. The Bertz CT molecular complexity index is 489. The lowest BCUT2D eigenvalue weighted by Gasteiger charge is -2.01. The molecule has 76 valence electrons. The van der Waals surface area contributed by atoms with Gasteiger partial charge >= 0.3 is 0 Å². The van der Waals surface area contributed by atoms with Crippen molar-refractivity contribution in [1.82, 2.24) is 0 Å². The van der Waals surface area contributed by atoms with Crippen LogP contribution in [-0.2, 0) is 0 Å². The van der Waals surface area contributed by atoms with Crippen molar-refractivity contribution in [3.8, 4) is 5.75 Å². The number of ketones is 1. The second-order valence-electron chi connectivity index (χ2n) is 3.01. The number of phenolic OH excluding ortho intramolecular Hbond substituents is 1. The number of phenols is 1. The molecule has 1 N–H and O–H groups in total. The first-order valence-corrected chi connectivity index (χ1v) is 4.73. The molecule has 0 radical (unpaired) electrons. The summed E-state index contributed by atoms with van der Waals surface area (Å²) in [5, 5.41) is 9.55. The molecule has 0 atom stereocenters. The Morgan fingerprint density at radius 3 is 2.73 bits per heavy atom. The Kier molecular flexibility index (Phi) is 2.51. The van der Waals surface area contributed by atoms with Crippen molar-refractivity contribution in [2.45, 2.75) is 4.90 Å². The van der Waals surface area contributed by atoms with Gasteiger partial charge in [-0.2, -0.15) is 0 Å². The SMILES string of the molecule is O=C(c1ccco1)c1ccc(S)cc1O. The van der Waals surface area contributed by atoms with Gasteiger partial charge in [-0.25, -0.2) is 0 Å². The summed E-state index contributed by atoms with van der Waals surface area (Å²) in [6, 6.07) is 7.74. The molecule has 1 heterocycles. The molecule has 2 aromatic rings. The van der Waals surface area contributed by atoms with Crippen molar-refractivity contribution in [2.75, 3.05) is 0 Å². The summed E-state index contributed by atoms with van der Waals surface area (Å²) in [5.41, 5.74) is 0.211. The lowest BCUT2D eigenvalue weighted by molar-refractivity contribution is 0.101. The summed E-state index contributed by atoms with van der Waals surface area (Å²) in [6.45, 7) is 0. The molecule has 2 rings (SSSR count). The summed E-state index contributed by atoms with van der Waals surface area (Å²) in [7, 11) is 0. The molecule has 0 fully saturated rings. The summed E-state index contributed by atoms with van der Waals surface area (Å²) in [4.78, 5) is 12.4. The van der Waals surface area contributed by atoms with Crippen LogP contribution in [0.1, 0.15) is 16.1 Å². The van der Waals surface area contributed by atoms with Crippen molar-refractivity contribution in [1.29, 1.82) is 0 Å². The van der Waals surface area contributed by atoms with Crippen molar-refractivity contribution in [2.24, 2.45) is 0 Å². The zero-order chi connectivity index (χ0) is 10.8. The molecule has 1 aromatic heterocycles. The van der Waals surface area contributed by atoms with E-state index in [1.165, 1.54) is 18.4 Å². The maximum atomic E-state index is 11.8. The van der Waals surface area contributed by atoms with Crippen LogP contribution in [0.2, 0.25) is 0 Å². The number of thiol groups is 1. The molecular formula is C11H8O3S. The number of hydrogen-bond acceptors (Lipinski definition) is 4. The number of carbonyl (C=O) groups is 1. The lowest BCUT2D eigenvalue weighted by Crippen LogP contribution is -1.99. The highest BCUT2D eigenvalue weighted by Gasteiger charge is 2.15. The van der Waals surface area contributed by atoms with E-state index >= 15 is 0 Å². The minimum atomic E-state index is -0.342. The maximum Gasteiger partial charge on any atom is 0.231 e. The Hall–Kier alpha value is -1.68. The summed E-state index contributed by atoms with van der Waals surface area (Å²) < 4.78 is 4.96. The predicted molar refractivity (Wildman–Crippen MR) is 57.5 cm³/mol. The topological polar surface area (TPSA) is 50.4 Å². The molecule has 0 aliphatic heterocycles. The van der Waals surface area contributed by atoms with Crippen molar-refractivity contribution < 1.29 is 14.3 Å². The molecule has 0 amide bonds. The molecule has 0 aliphatic carbocycles. The molecule has 1 aromatic carbocycles. The van der Waals surface area contributed by atoms with Gasteiger partial charge < -0.3 is 9.52 Å². The van der Waals surface area contributed by atoms with E-state index in [-0.39, 0.29) is 22.9 Å². The molecule has 0 saturated heterocycles. The highest BCUT2D eigenvalue weighted by molar-refractivity contribution is 7.80. The number of aromatic hydroxyl groups is 1. The molecule has 3 nitrogen and oxygen atoms in total. The molecule has 0 unspecified atom stereocenters. The van der Waals surface area contributed by atoms with Gasteiger partial charge in [-0.15, -0.1) is 12.6 Å². The van der Waals surface area contributed by atoms with Crippen LogP contribution in [0.4, 0.5) is 0 Å². The van der Waals surface area contributed by atoms with E-state index in [1.807, 2.05) is 0 Å². The maximum absolute atomic E-state index is 11.8. The zero-order valence-electron chi connectivity index (χ0n) is 7.68. The van der Waals surface area contributed by atoms with Crippen LogP contribution in [-0.4, -0.2) is 10.9 Å². The zero-order valence-corrected chi connectivity index (χ0v) is 8.57. The van der Waals surface area contributed by atoms with Gasteiger partial charge in [0.1, 0.15) is 5.75 Å². The van der Waals surface area contributed by atoms with Gasteiger partial charge in [0.2, 0.25) is 5.78 Å². The van der Waals surface area contributed by atoms with Crippen molar-refractivity contribution in [3.63, 3.8) is 0 Å². The Morgan fingerprint density at radius 2 is 2.13 bits per heavy atom. The standard InChI is InChI=1S/C11H8O3S/c12-9-6-7(15)3-4-8(9)11(13)10-2-1-5-14-10/h1-6,12,15H. The van der Waals surface area contributed by atoms with Crippen LogP contribution < -0.4 is 0 Å². The van der Waals surface area contributed by atoms with E-state index in [0.29, 0.717) is 4.90 Å². The third-order valence-corrected chi connectivity index (χ3v) is 2.25. The minimum absolute atomic E-state index is 0.0936. The van der Waals surface area contributed by atoms with Gasteiger partial charge in [0.05, 0.1) is 11.8 Å². The normalized spacial score (nSPS) is 10.2. The molecule has 0 saturated carbocycles. The highest BCUT2D eigenvalue weighted by Crippen LogP contribution is 2.23. The minimum Gasteiger partial charge on any atom is -0.507 e. The van der Waals surface area contributed by atoms with Crippen LogP contribution in [0.5, 0.6) is 5.75 Å². The van der Waals surface area contributed by atoms with E-state index < -0.39 is 0 Å². The average molecular weight is 220 g/mol. The Balaban J connectivity index is 2.42. The monoisotopic (exact) mass is 220 g/mol. The second-order valence-corrected chi connectivity index (χ2v) is 3.52. The third kappa shape index (κ3) is 1.89. The lowest BCUT2D eigenvalue weighted by atomic mass is 10.1. The number of rotatable bonds is 2. The van der Waals surface area contributed by atoms with Gasteiger partial charge in [-0.05, 0) is 30.3 Å². The van der Waals surface area contributed by atoms with Gasteiger partial charge in [-0.3, -0.25) is 4.79 Å². The molecule has 0 bridgehead atoms. The number of benzene rings is 1. The summed E-state index contributed by atoms with van der Waals surface area (Å²) in [5.74, 6) is -0.230. The quantitative estimate of drug-likeness (QED) is 0.604. The predicted octanol–water partition coefficient (Wildman–Crippen LogP) is 2.50. The number of hydrogen-bond donors (Lipinski definition) is 2. The van der Waals surface area contributed by atoms with E-state index in [2.05, 4.69) is 12.6 Å². The van der Waals surface area contributed by atoms with Crippen LogP contribution in [0, 0.1) is 0 Å². The Labute approximate surface area is 91.8 Å². The van der Waals surface area contributed by atoms with Crippen LogP contribution in [0.25, 0.3) is 0 Å². The van der Waals surface area contributed by atoms with Crippen molar-refractivity contribution in [3.05, 3.63) is 47.9 Å².